The molecule has 0 unspecified atom stereocenters. The van der Waals surface area contributed by atoms with Gasteiger partial charge in [-0.1, -0.05) is 29.8 Å². The van der Waals surface area contributed by atoms with E-state index < -0.39 is 0 Å². The van der Waals surface area contributed by atoms with Crippen molar-refractivity contribution in [1.29, 1.82) is 0 Å². The van der Waals surface area contributed by atoms with Gasteiger partial charge < -0.3 is 0 Å². The molecule has 0 atom stereocenters. The Morgan fingerprint density at radius 2 is 2.10 bits per heavy atom. The van der Waals surface area contributed by atoms with Gasteiger partial charge in [0.05, 0.1) is 0 Å². The minimum absolute atomic E-state index is 0.472. The molecule has 0 aliphatic carbocycles. The summed E-state index contributed by atoms with van der Waals surface area (Å²) in [4.78, 5) is 4.67. The van der Waals surface area contributed by atoms with Crippen LogP contribution >= 0.6 is 11.6 Å². The first-order chi connectivity index (χ1) is 4.84. The molecule has 0 fully saturated rings. The van der Waals surface area contributed by atoms with Crippen LogP contribution in [0.25, 0.3) is 0 Å². The normalized spacial score (nSPS) is 9.80. The van der Waals surface area contributed by atoms with Gasteiger partial charge in [0.1, 0.15) is 6.61 Å². The molecule has 0 saturated carbocycles. The Bertz CT molecular complexity index is 215. The highest BCUT2D eigenvalue weighted by Crippen LogP contribution is 2.14. The molecule has 0 aliphatic rings. The molecule has 1 aromatic carbocycles. The largest absolute Gasteiger partial charge is 0.212 e. The van der Waals surface area contributed by atoms with Crippen LogP contribution < -0.4 is 5.90 Å². The minimum atomic E-state index is 0.472. The molecule has 1 aromatic rings. The van der Waals surface area contributed by atoms with Crippen molar-refractivity contribution >= 4 is 11.6 Å². The van der Waals surface area contributed by atoms with E-state index in [4.69, 9.17) is 11.6 Å². The molecule has 2 nitrogen and oxygen atoms in total. The van der Waals surface area contributed by atoms with Gasteiger partial charge in [-0.15, -0.1) is 0 Å². The van der Waals surface area contributed by atoms with Crippen molar-refractivity contribution in [3.63, 3.8) is 0 Å². The van der Waals surface area contributed by atoms with Gasteiger partial charge in [0.2, 0.25) is 0 Å². The standard InChI is InChI=1S/C7H9ClNO/c8-7-4-2-1-3-6(7)5-10-9/h1-4H,5H2,9H3/q+1. The van der Waals surface area contributed by atoms with Crippen molar-refractivity contribution in [1.82, 2.24) is 0 Å². The monoisotopic (exact) mass is 158 g/mol. The first-order valence-corrected chi connectivity index (χ1v) is 3.33. The van der Waals surface area contributed by atoms with E-state index in [9.17, 15) is 0 Å². The number of benzene rings is 1. The van der Waals surface area contributed by atoms with Gasteiger partial charge in [0.15, 0.2) is 0 Å². The highest BCUT2D eigenvalue weighted by molar-refractivity contribution is 6.31. The van der Waals surface area contributed by atoms with Crippen LogP contribution in [-0.4, -0.2) is 0 Å². The fourth-order valence-electron chi connectivity index (χ4n) is 0.725. The highest BCUT2D eigenvalue weighted by atomic mass is 35.5. The molecule has 0 saturated heterocycles. The second-order valence-electron chi connectivity index (χ2n) is 1.94. The van der Waals surface area contributed by atoms with Gasteiger partial charge >= 0.3 is 0 Å². The summed E-state index contributed by atoms with van der Waals surface area (Å²) in [6.45, 7) is 0.472. The van der Waals surface area contributed by atoms with Crippen LogP contribution in [0.1, 0.15) is 5.56 Å². The third kappa shape index (κ3) is 1.70. The maximum absolute atomic E-state index is 5.80. The predicted molar refractivity (Wildman–Crippen MR) is 39.1 cm³/mol. The lowest BCUT2D eigenvalue weighted by atomic mass is 10.2. The molecule has 3 heteroatoms. The third-order valence-corrected chi connectivity index (χ3v) is 1.58. The summed E-state index contributed by atoms with van der Waals surface area (Å²) < 4.78 is 0. The zero-order valence-corrected chi connectivity index (χ0v) is 6.27. The molecular weight excluding hydrogens is 150 g/mol. The second kappa shape index (κ2) is 3.56. The van der Waals surface area contributed by atoms with Gasteiger partial charge in [0.25, 0.3) is 0 Å². The summed E-state index contributed by atoms with van der Waals surface area (Å²) in [5, 5.41) is 0.728. The summed E-state index contributed by atoms with van der Waals surface area (Å²) in [5.41, 5.74) is 0.971. The highest BCUT2D eigenvalue weighted by Gasteiger charge is 1.96. The molecule has 0 radical (unpaired) electrons. The van der Waals surface area contributed by atoms with E-state index >= 15 is 0 Å². The van der Waals surface area contributed by atoms with Crippen molar-refractivity contribution in [2.75, 3.05) is 0 Å². The molecule has 0 aromatic heterocycles. The van der Waals surface area contributed by atoms with Crippen LogP contribution in [0.5, 0.6) is 0 Å². The Hall–Kier alpha value is -0.570. The smallest absolute Gasteiger partial charge is 0.132 e. The van der Waals surface area contributed by atoms with Gasteiger partial charge in [-0.25, -0.2) is 10.7 Å². The summed E-state index contributed by atoms with van der Waals surface area (Å²) in [5.74, 6) is 3.26. The molecule has 1 rings (SSSR count). The molecule has 0 spiro atoms. The SMILES string of the molecule is [NH3+]OCc1ccccc1Cl. The van der Waals surface area contributed by atoms with Crippen LogP contribution in [-0.2, 0) is 11.4 Å². The fourth-order valence-corrected chi connectivity index (χ4v) is 0.916. The summed E-state index contributed by atoms with van der Waals surface area (Å²) in [7, 11) is 0. The van der Waals surface area contributed by atoms with E-state index in [1.54, 1.807) is 0 Å². The molecule has 54 valence electrons. The summed E-state index contributed by atoms with van der Waals surface area (Å²) in [6, 6.07) is 7.54. The topological polar surface area (TPSA) is 36.9 Å². The maximum atomic E-state index is 5.80. The first kappa shape index (κ1) is 7.54. The number of quaternary nitrogens is 1. The summed E-state index contributed by atoms with van der Waals surface area (Å²) >= 11 is 5.80. The number of halogens is 1. The Morgan fingerprint density at radius 3 is 2.70 bits per heavy atom. The van der Waals surface area contributed by atoms with Gasteiger partial charge in [-0.3, -0.25) is 0 Å². The van der Waals surface area contributed by atoms with Crippen molar-refractivity contribution in [2.45, 2.75) is 6.61 Å². The minimum Gasteiger partial charge on any atom is -0.212 e. The zero-order chi connectivity index (χ0) is 7.40. The van der Waals surface area contributed by atoms with Crippen molar-refractivity contribution < 1.29 is 10.7 Å². The zero-order valence-electron chi connectivity index (χ0n) is 5.51. The molecule has 3 N–H and O–H groups in total. The molecule has 0 bridgehead atoms. The molecule has 0 heterocycles. The van der Waals surface area contributed by atoms with E-state index in [1.165, 1.54) is 0 Å². The quantitative estimate of drug-likeness (QED) is 0.641. The van der Waals surface area contributed by atoms with E-state index in [0.717, 1.165) is 10.6 Å². The van der Waals surface area contributed by atoms with E-state index in [-0.39, 0.29) is 0 Å². The Morgan fingerprint density at radius 1 is 1.40 bits per heavy atom. The Balaban J connectivity index is 2.81. The average molecular weight is 159 g/mol. The van der Waals surface area contributed by atoms with Crippen molar-refractivity contribution in [3.05, 3.63) is 34.9 Å². The Labute approximate surface area is 64.5 Å². The van der Waals surface area contributed by atoms with Crippen molar-refractivity contribution in [3.8, 4) is 0 Å². The van der Waals surface area contributed by atoms with Crippen LogP contribution in [0.3, 0.4) is 0 Å². The number of hydrogen-bond donors (Lipinski definition) is 1. The fraction of sp³-hybridized carbons (Fsp3) is 0.143. The third-order valence-electron chi connectivity index (χ3n) is 1.22. The van der Waals surface area contributed by atoms with Crippen LogP contribution in [0.2, 0.25) is 5.02 Å². The second-order valence-corrected chi connectivity index (χ2v) is 2.35. The van der Waals surface area contributed by atoms with Gasteiger partial charge in [-0.05, 0) is 6.07 Å². The number of hydrogen-bond acceptors (Lipinski definition) is 1. The number of rotatable bonds is 2. The summed E-state index contributed by atoms with van der Waals surface area (Å²) in [6.07, 6.45) is 0. The van der Waals surface area contributed by atoms with E-state index in [0.29, 0.717) is 6.61 Å². The van der Waals surface area contributed by atoms with Crippen LogP contribution in [0.15, 0.2) is 24.3 Å². The van der Waals surface area contributed by atoms with Crippen LogP contribution in [0, 0.1) is 0 Å². The van der Waals surface area contributed by atoms with Gasteiger partial charge in [-0.2, -0.15) is 0 Å². The van der Waals surface area contributed by atoms with Gasteiger partial charge in [0, 0.05) is 10.6 Å². The lowest BCUT2D eigenvalue weighted by Crippen LogP contribution is -2.48. The average Bonchev–Trinajstić information content (AvgIpc) is 1.94. The van der Waals surface area contributed by atoms with E-state index in [1.807, 2.05) is 24.3 Å². The molecule has 0 amide bonds. The molecular formula is C7H9ClNO+. The Kier molecular flexibility index (Phi) is 2.68. The van der Waals surface area contributed by atoms with E-state index in [2.05, 4.69) is 10.7 Å². The lowest BCUT2D eigenvalue weighted by molar-refractivity contribution is -0.695. The first-order valence-electron chi connectivity index (χ1n) is 2.95. The maximum Gasteiger partial charge on any atom is 0.132 e. The van der Waals surface area contributed by atoms with Crippen LogP contribution in [0.4, 0.5) is 0 Å². The molecule has 10 heavy (non-hydrogen) atoms. The lowest BCUT2D eigenvalue weighted by Gasteiger charge is -1.97. The molecule has 0 aliphatic heterocycles. The predicted octanol–water partition coefficient (Wildman–Crippen LogP) is 1.01. The van der Waals surface area contributed by atoms with Crippen molar-refractivity contribution in [2.24, 2.45) is 0 Å².